The van der Waals surface area contributed by atoms with E-state index in [1.54, 1.807) is 0 Å². The van der Waals surface area contributed by atoms with Crippen LogP contribution in [0.3, 0.4) is 0 Å². The van der Waals surface area contributed by atoms with Gasteiger partial charge in [0.2, 0.25) is 0 Å². The molecule has 0 saturated heterocycles. The van der Waals surface area contributed by atoms with Gasteiger partial charge >= 0.3 is 0 Å². The quantitative estimate of drug-likeness (QED) is 0.874. The number of nitrogens with one attached hydrogen (secondary N) is 1. The van der Waals surface area contributed by atoms with Crippen LogP contribution in [-0.4, -0.2) is 12.6 Å². The highest BCUT2D eigenvalue weighted by molar-refractivity contribution is 9.10. The maximum absolute atomic E-state index is 3.51. The number of aryl methyl sites for hydroxylation is 1. The first kappa shape index (κ1) is 13.5. The van der Waals surface area contributed by atoms with Gasteiger partial charge in [-0.25, -0.2) is 0 Å². The molecule has 0 bridgehead atoms. The van der Waals surface area contributed by atoms with Crippen LogP contribution in [0, 0.1) is 6.92 Å². The van der Waals surface area contributed by atoms with Crippen molar-refractivity contribution in [2.75, 3.05) is 6.54 Å². The molecule has 1 rings (SSSR count). The minimum atomic E-state index is 0.537. The molecule has 0 saturated carbocycles. The van der Waals surface area contributed by atoms with Crippen molar-refractivity contribution in [1.82, 2.24) is 5.32 Å². The normalized spacial score (nSPS) is 12.2. The van der Waals surface area contributed by atoms with Gasteiger partial charge in [0.05, 0.1) is 0 Å². The first-order chi connectivity index (χ1) is 7.49. The minimum absolute atomic E-state index is 0.537. The zero-order valence-electron chi connectivity index (χ0n) is 10.5. The molecule has 0 spiro atoms. The SMILES string of the molecule is CC(=Cc1ccc(Br)c(C)c1)CNC(C)C. The van der Waals surface area contributed by atoms with E-state index in [2.05, 4.69) is 73.2 Å². The van der Waals surface area contributed by atoms with Crippen LogP contribution in [0.1, 0.15) is 31.9 Å². The molecular formula is C14H20BrN. The first-order valence-corrected chi connectivity index (χ1v) is 6.45. The second-order valence-electron chi connectivity index (χ2n) is 4.53. The van der Waals surface area contributed by atoms with Crippen molar-refractivity contribution in [1.29, 1.82) is 0 Å². The summed E-state index contributed by atoms with van der Waals surface area (Å²) in [6, 6.07) is 6.97. The van der Waals surface area contributed by atoms with Crippen LogP contribution >= 0.6 is 15.9 Å². The maximum Gasteiger partial charge on any atom is 0.0204 e. The molecule has 1 aromatic carbocycles. The van der Waals surface area contributed by atoms with Gasteiger partial charge < -0.3 is 5.32 Å². The van der Waals surface area contributed by atoms with Gasteiger partial charge in [-0.2, -0.15) is 0 Å². The molecule has 88 valence electrons. The Morgan fingerprint density at radius 2 is 2.12 bits per heavy atom. The summed E-state index contributed by atoms with van der Waals surface area (Å²) in [5.41, 5.74) is 3.90. The van der Waals surface area contributed by atoms with Crippen LogP contribution in [-0.2, 0) is 0 Å². The van der Waals surface area contributed by atoms with Gasteiger partial charge in [0.25, 0.3) is 0 Å². The van der Waals surface area contributed by atoms with E-state index in [0.29, 0.717) is 6.04 Å². The molecule has 0 amide bonds. The van der Waals surface area contributed by atoms with Crippen LogP contribution in [0.15, 0.2) is 28.2 Å². The summed E-state index contributed by atoms with van der Waals surface area (Å²) in [6.45, 7) is 9.55. The largest absolute Gasteiger partial charge is 0.311 e. The van der Waals surface area contributed by atoms with Gasteiger partial charge in [-0.15, -0.1) is 0 Å². The minimum Gasteiger partial charge on any atom is -0.311 e. The number of hydrogen-bond donors (Lipinski definition) is 1. The predicted octanol–water partition coefficient (Wildman–Crippen LogP) is 4.16. The Morgan fingerprint density at radius 3 is 2.69 bits per heavy atom. The fourth-order valence-corrected chi connectivity index (χ4v) is 1.70. The molecule has 0 heterocycles. The highest BCUT2D eigenvalue weighted by Gasteiger charge is 1.97. The topological polar surface area (TPSA) is 12.0 Å². The molecule has 2 heteroatoms. The molecule has 0 aliphatic rings. The molecule has 16 heavy (non-hydrogen) atoms. The second kappa shape index (κ2) is 6.21. The lowest BCUT2D eigenvalue weighted by molar-refractivity contribution is 0.623. The van der Waals surface area contributed by atoms with Crippen LogP contribution < -0.4 is 5.32 Å². The molecule has 0 fully saturated rings. The molecule has 1 nitrogen and oxygen atoms in total. The van der Waals surface area contributed by atoms with E-state index in [4.69, 9.17) is 0 Å². The van der Waals surface area contributed by atoms with Gasteiger partial charge in [-0.3, -0.25) is 0 Å². The summed E-state index contributed by atoms with van der Waals surface area (Å²) < 4.78 is 1.17. The predicted molar refractivity (Wildman–Crippen MR) is 75.7 cm³/mol. The van der Waals surface area contributed by atoms with E-state index in [1.807, 2.05) is 0 Å². The molecule has 0 aromatic heterocycles. The van der Waals surface area contributed by atoms with Crippen molar-refractivity contribution in [2.24, 2.45) is 0 Å². The lowest BCUT2D eigenvalue weighted by Crippen LogP contribution is -2.24. The van der Waals surface area contributed by atoms with Crippen LogP contribution in [0.4, 0.5) is 0 Å². The molecule has 1 aromatic rings. The van der Waals surface area contributed by atoms with E-state index in [-0.39, 0.29) is 0 Å². The number of benzene rings is 1. The average Bonchev–Trinajstić information content (AvgIpc) is 2.21. The second-order valence-corrected chi connectivity index (χ2v) is 5.39. The molecule has 1 N–H and O–H groups in total. The summed E-state index contributed by atoms with van der Waals surface area (Å²) in [7, 11) is 0. The van der Waals surface area contributed by atoms with E-state index in [9.17, 15) is 0 Å². The third-order valence-corrected chi connectivity index (χ3v) is 3.27. The molecule has 0 atom stereocenters. The Bertz CT molecular complexity index is 380. The summed E-state index contributed by atoms with van der Waals surface area (Å²) >= 11 is 3.51. The fraction of sp³-hybridized carbons (Fsp3) is 0.429. The van der Waals surface area contributed by atoms with E-state index in [1.165, 1.54) is 21.2 Å². The Morgan fingerprint density at radius 1 is 1.44 bits per heavy atom. The van der Waals surface area contributed by atoms with Crippen molar-refractivity contribution in [2.45, 2.75) is 33.7 Å². The van der Waals surface area contributed by atoms with Gasteiger partial charge in [0.1, 0.15) is 0 Å². The van der Waals surface area contributed by atoms with Gasteiger partial charge in [-0.05, 0) is 31.0 Å². The molecule has 0 aliphatic heterocycles. The van der Waals surface area contributed by atoms with Crippen molar-refractivity contribution in [3.8, 4) is 0 Å². The summed E-state index contributed by atoms with van der Waals surface area (Å²) in [4.78, 5) is 0. The highest BCUT2D eigenvalue weighted by Crippen LogP contribution is 2.18. The van der Waals surface area contributed by atoms with Crippen LogP contribution in [0.2, 0.25) is 0 Å². The number of halogens is 1. The summed E-state index contributed by atoms with van der Waals surface area (Å²) in [5, 5.41) is 3.41. The van der Waals surface area contributed by atoms with E-state index in [0.717, 1.165) is 6.54 Å². The molecular weight excluding hydrogens is 262 g/mol. The molecule has 0 unspecified atom stereocenters. The van der Waals surface area contributed by atoms with Crippen LogP contribution in [0.25, 0.3) is 6.08 Å². The maximum atomic E-state index is 3.51. The monoisotopic (exact) mass is 281 g/mol. The Labute approximate surface area is 107 Å². The lowest BCUT2D eigenvalue weighted by Gasteiger charge is -2.08. The third-order valence-electron chi connectivity index (χ3n) is 2.38. The van der Waals surface area contributed by atoms with Crippen LogP contribution in [0.5, 0.6) is 0 Å². The number of rotatable bonds is 4. The standard InChI is InChI=1S/C14H20BrN/c1-10(2)16-9-11(3)7-13-5-6-14(15)12(4)8-13/h5-8,10,16H,9H2,1-4H3. The Hall–Kier alpha value is -0.600. The first-order valence-electron chi connectivity index (χ1n) is 5.65. The zero-order valence-corrected chi connectivity index (χ0v) is 12.1. The number of hydrogen-bond acceptors (Lipinski definition) is 1. The van der Waals surface area contributed by atoms with Gasteiger partial charge in [0.15, 0.2) is 0 Å². The van der Waals surface area contributed by atoms with Gasteiger partial charge in [0, 0.05) is 17.1 Å². The summed E-state index contributed by atoms with van der Waals surface area (Å²) in [6.07, 6.45) is 2.23. The molecule has 0 aliphatic carbocycles. The fourth-order valence-electron chi connectivity index (χ4n) is 1.46. The lowest BCUT2D eigenvalue weighted by atomic mass is 10.1. The van der Waals surface area contributed by atoms with Gasteiger partial charge in [-0.1, -0.05) is 53.6 Å². The highest BCUT2D eigenvalue weighted by atomic mass is 79.9. The average molecular weight is 282 g/mol. The van der Waals surface area contributed by atoms with Crippen molar-refractivity contribution >= 4 is 22.0 Å². The Balaban J connectivity index is 2.70. The van der Waals surface area contributed by atoms with Crippen molar-refractivity contribution in [3.63, 3.8) is 0 Å². The third kappa shape index (κ3) is 4.50. The van der Waals surface area contributed by atoms with Crippen molar-refractivity contribution in [3.05, 3.63) is 39.4 Å². The summed E-state index contributed by atoms with van der Waals surface area (Å²) in [5.74, 6) is 0. The molecule has 0 radical (unpaired) electrons. The smallest absolute Gasteiger partial charge is 0.0204 e. The van der Waals surface area contributed by atoms with E-state index < -0.39 is 0 Å². The van der Waals surface area contributed by atoms with E-state index >= 15 is 0 Å². The van der Waals surface area contributed by atoms with Crippen molar-refractivity contribution < 1.29 is 0 Å². The Kier molecular flexibility index (Phi) is 5.23. The zero-order chi connectivity index (χ0) is 12.1.